The molecule has 5 nitrogen and oxygen atoms in total. The van der Waals surface area contributed by atoms with Gasteiger partial charge in [0.2, 0.25) is 0 Å². The van der Waals surface area contributed by atoms with E-state index in [0.29, 0.717) is 11.6 Å². The number of piperidine rings is 1. The van der Waals surface area contributed by atoms with E-state index in [9.17, 15) is 9.59 Å². The highest BCUT2D eigenvalue weighted by atomic mass is 35.5. The summed E-state index contributed by atoms with van der Waals surface area (Å²) in [7, 11) is 1.42. The van der Waals surface area contributed by atoms with Crippen LogP contribution in [0.5, 0.6) is 0 Å². The summed E-state index contributed by atoms with van der Waals surface area (Å²) < 4.78 is 4.78. The Morgan fingerprint density at radius 2 is 2.00 bits per heavy atom. The van der Waals surface area contributed by atoms with Crippen molar-refractivity contribution >= 4 is 23.5 Å². The first kappa shape index (κ1) is 17.8. The number of hydrogen-bond donors (Lipinski definition) is 2. The zero-order chi connectivity index (χ0) is 16.8. The summed E-state index contributed by atoms with van der Waals surface area (Å²) in [5, 5.41) is 3.65. The molecule has 0 spiro atoms. The van der Waals surface area contributed by atoms with Crippen LogP contribution < -0.4 is 10.2 Å². The number of likely N-dealkylation sites (tertiary alicyclic amines) is 1. The van der Waals surface area contributed by atoms with Gasteiger partial charge in [0.15, 0.2) is 6.54 Å². The summed E-state index contributed by atoms with van der Waals surface area (Å²) >= 11 is 6.15. The van der Waals surface area contributed by atoms with Gasteiger partial charge in [-0.2, -0.15) is 0 Å². The Labute approximate surface area is 141 Å². The number of amides is 1. The summed E-state index contributed by atoms with van der Waals surface area (Å²) in [6.45, 7) is 3.97. The van der Waals surface area contributed by atoms with Crippen molar-refractivity contribution in [2.75, 3.05) is 26.7 Å². The van der Waals surface area contributed by atoms with Crippen molar-refractivity contribution in [2.24, 2.45) is 5.92 Å². The van der Waals surface area contributed by atoms with E-state index in [4.69, 9.17) is 16.3 Å². The van der Waals surface area contributed by atoms with Crippen LogP contribution in [-0.2, 0) is 14.3 Å². The van der Waals surface area contributed by atoms with Crippen LogP contribution in [0.1, 0.15) is 31.4 Å². The molecule has 1 heterocycles. The van der Waals surface area contributed by atoms with E-state index in [0.717, 1.165) is 31.5 Å². The number of carbonyl (C=O) groups excluding carboxylic acids is 2. The minimum atomic E-state index is -0.138. The van der Waals surface area contributed by atoms with Crippen LogP contribution in [0.4, 0.5) is 0 Å². The van der Waals surface area contributed by atoms with Gasteiger partial charge in [-0.15, -0.1) is 0 Å². The molecule has 0 radical (unpaired) electrons. The van der Waals surface area contributed by atoms with Crippen LogP contribution >= 0.6 is 11.6 Å². The van der Waals surface area contributed by atoms with Gasteiger partial charge in [0.1, 0.15) is 0 Å². The molecule has 0 saturated carbocycles. The fourth-order valence-corrected chi connectivity index (χ4v) is 3.33. The molecule has 0 bridgehead atoms. The van der Waals surface area contributed by atoms with Crippen molar-refractivity contribution in [1.29, 1.82) is 0 Å². The van der Waals surface area contributed by atoms with Crippen LogP contribution in [0.25, 0.3) is 0 Å². The Morgan fingerprint density at radius 1 is 1.35 bits per heavy atom. The highest BCUT2D eigenvalue weighted by molar-refractivity contribution is 6.31. The van der Waals surface area contributed by atoms with Crippen LogP contribution in [-0.4, -0.2) is 38.6 Å². The third-order valence-corrected chi connectivity index (χ3v) is 4.73. The number of benzene rings is 1. The monoisotopic (exact) mass is 339 g/mol. The summed E-state index contributed by atoms with van der Waals surface area (Å²) in [5.41, 5.74) is 0.918. The molecule has 23 heavy (non-hydrogen) atoms. The maximum absolute atomic E-state index is 12.2. The van der Waals surface area contributed by atoms with Crippen molar-refractivity contribution < 1.29 is 19.2 Å². The lowest BCUT2D eigenvalue weighted by Gasteiger charge is -2.27. The number of halogens is 1. The van der Waals surface area contributed by atoms with Crippen molar-refractivity contribution in [3.8, 4) is 0 Å². The number of nitrogens with one attached hydrogen (secondary N) is 2. The molecule has 126 valence electrons. The highest BCUT2D eigenvalue weighted by Gasteiger charge is 2.29. The molecule has 1 fully saturated rings. The fourth-order valence-electron chi connectivity index (χ4n) is 3.03. The van der Waals surface area contributed by atoms with Gasteiger partial charge in [-0.1, -0.05) is 29.8 Å². The molecule has 1 aliphatic rings. The Morgan fingerprint density at radius 3 is 2.61 bits per heavy atom. The number of esters is 1. The van der Waals surface area contributed by atoms with Gasteiger partial charge >= 0.3 is 5.97 Å². The van der Waals surface area contributed by atoms with Crippen LogP contribution in [0.2, 0.25) is 5.02 Å². The van der Waals surface area contributed by atoms with Gasteiger partial charge in [0.05, 0.1) is 32.2 Å². The average molecular weight is 340 g/mol. The van der Waals surface area contributed by atoms with Gasteiger partial charge < -0.3 is 15.0 Å². The first-order chi connectivity index (χ1) is 11.0. The van der Waals surface area contributed by atoms with Crippen molar-refractivity contribution in [2.45, 2.75) is 25.8 Å². The largest absolute Gasteiger partial charge is 0.469 e. The molecule has 6 heteroatoms. The van der Waals surface area contributed by atoms with Gasteiger partial charge in [0, 0.05) is 17.9 Å². The van der Waals surface area contributed by atoms with E-state index in [1.807, 2.05) is 31.2 Å². The van der Waals surface area contributed by atoms with Crippen LogP contribution in [0, 0.1) is 5.92 Å². The molecule has 2 N–H and O–H groups in total. The number of hydrogen-bond acceptors (Lipinski definition) is 3. The topological polar surface area (TPSA) is 59.8 Å². The second-order valence-corrected chi connectivity index (χ2v) is 6.44. The maximum Gasteiger partial charge on any atom is 0.309 e. The SMILES string of the molecule is COC(=O)C1CC[NH+](CC(=O)N[C@H](C)c2ccccc2Cl)CC1. The van der Waals surface area contributed by atoms with Gasteiger partial charge in [-0.05, 0) is 18.6 Å². The van der Waals surface area contributed by atoms with Crippen molar-refractivity contribution in [1.82, 2.24) is 5.32 Å². The predicted molar refractivity (Wildman–Crippen MR) is 88.3 cm³/mol. The zero-order valence-electron chi connectivity index (χ0n) is 13.6. The molecule has 1 aromatic carbocycles. The van der Waals surface area contributed by atoms with Crippen LogP contribution in [0.3, 0.4) is 0 Å². The highest BCUT2D eigenvalue weighted by Crippen LogP contribution is 2.21. The number of quaternary nitrogens is 1. The molecule has 1 saturated heterocycles. The third-order valence-electron chi connectivity index (χ3n) is 4.39. The lowest BCUT2D eigenvalue weighted by Crippen LogP contribution is -3.14. The molecule has 1 aromatic rings. The van der Waals surface area contributed by atoms with E-state index in [1.54, 1.807) is 0 Å². The summed E-state index contributed by atoms with van der Waals surface area (Å²) in [6.07, 6.45) is 1.55. The van der Waals surface area contributed by atoms with E-state index in [2.05, 4.69) is 5.32 Å². The van der Waals surface area contributed by atoms with Crippen LogP contribution in [0.15, 0.2) is 24.3 Å². The molecule has 1 amide bonds. The Balaban J connectivity index is 1.80. The lowest BCUT2D eigenvalue weighted by molar-refractivity contribution is -0.897. The molecule has 1 aliphatic heterocycles. The molecule has 0 aromatic heterocycles. The second kappa shape index (κ2) is 8.31. The second-order valence-electron chi connectivity index (χ2n) is 6.03. The maximum atomic E-state index is 12.2. The molecule has 1 atom stereocenters. The summed E-state index contributed by atoms with van der Waals surface area (Å²) in [4.78, 5) is 24.9. The predicted octanol–water partition coefficient (Wildman–Crippen LogP) is 0.985. The molecule has 2 rings (SSSR count). The third kappa shape index (κ3) is 4.94. The molecule has 0 aliphatic carbocycles. The number of carbonyl (C=O) groups is 2. The average Bonchev–Trinajstić information content (AvgIpc) is 2.55. The number of ether oxygens (including phenoxy) is 1. The number of rotatable bonds is 5. The van der Waals surface area contributed by atoms with Gasteiger partial charge in [-0.3, -0.25) is 9.59 Å². The summed E-state index contributed by atoms with van der Waals surface area (Å²) in [6, 6.07) is 7.40. The Kier molecular flexibility index (Phi) is 6.42. The molecular weight excluding hydrogens is 316 g/mol. The van der Waals surface area contributed by atoms with Crippen molar-refractivity contribution in [3.05, 3.63) is 34.9 Å². The van der Waals surface area contributed by atoms with E-state index in [1.165, 1.54) is 12.0 Å². The van der Waals surface area contributed by atoms with Gasteiger partial charge in [0.25, 0.3) is 5.91 Å². The Hall–Kier alpha value is -1.59. The first-order valence-electron chi connectivity index (χ1n) is 7.96. The molecule has 0 unspecified atom stereocenters. The quantitative estimate of drug-likeness (QED) is 0.786. The van der Waals surface area contributed by atoms with Gasteiger partial charge in [-0.25, -0.2) is 0 Å². The van der Waals surface area contributed by atoms with Crippen molar-refractivity contribution in [3.63, 3.8) is 0 Å². The zero-order valence-corrected chi connectivity index (χ0v) is 14.4. The summed E-state index contributed by atoms with van der Waals surface area (Å²) in [5.74, 6) is -0.154. The Bertz CT molecular complexity index is 557. The number of methoxy groups -OCH3 is 1. The minimum Gasteiger partial charge on any atom is -0.469 e. The van der Waals surface area contributed by atoms with E-state index in [-0.39, 0.29) is 23.8 Å². The standard InChI is InChI=1S/C17H23ClN2O3/c1-12(14-5-3-4-6-15(14)18)19-16(21)11-20-9-7-13(8-10-20)17(22)23-2/h3-6,12-13H,7-11H2,1-2H3,(H,19,21)/p+1/t12-/m1/s1. The lowest BCUT2D eigenvalue weighted by atomic mass is 9.97. The first-order valence-corrected chi connectivity index (χ1v) is 8.34. The smallest absolute Gasteiger partial charge is 0.309 e. The molecular formula is C17H24ClN2O3+. The normalized spacial score (nSPS) is 22.2. The minimum absolute atomic E-state index is 0.00365. The van der Waals surface area contributed by atoms with E-state index < -0.39 is 0 Å². The van der Waals surface area contributed by atoms with E-state index >= 15 is 0 Å². The fraction of sp³-hybridized carbons (Fsp3) is 0.529.